The van der Waals surface area contributed by atoms with Crippen LogP contribution < -0.4 is 0 Å². The molecule has 1 aromatic carbocycles. The van der Waals surface area contributed by atoms with Gasteiger partial charge in [-0.15, -0.1) is 0 Å². The van der Waals surface area contributed by atoms with E-state index >= 15 is 0 Å². The molecule has 0 bridgehead atoms. The van der Waals surface area contributed by atoms with Gasteiger partial charge in [0.25, 0.3) is 0 Å². The molecule has 0 heterocycles. The first kappa shape index (κ1) is 7.14. The van der Waals surface area contributed by atoms with Crippen molar-refractivity contribution in [3.63, 3.8) is 0 Å². The first-order valence-electron chi connectivity index (χ1n) is 3.74. The summed E-state index contributed by atoms with van der Waals surface area (Å²) in [6.45, 7) is 0. The Hall–Kier alpha value is -0.530. The summed E-state index contributed by atoms with van der Waals surface area (Å²) in [4.78, 5) is 0. The second kappa shape index (κ2) is 2.50. The third-order valence-electron chi connectivity index (χ3n) is 2.18. The molecule has 0 aliphatic heterocycles. The quantitative estimate of drug-likeness (QED) is 0.631. The van der Waals surface area contributed by atoms with Gasteiger partial charge in [0.05, 0.1) is 6.10 Å². The van der Waals surface area contributed by atoms with Gasteiger partial charge in [0.2, 0.25) is 0 Å². The Kier molecular flexibility index (Phi) is 1.63. The normalized spacial score (nSPS) is 21.8. The van der Waals surface area contributed by atoms with Gasteiger partial charge in [0, 0.05) is 5.02 Å². The van der Waals surface area contributed by atoms with E-state index in [9.17, 15) is 5.11 Å². The van der Waals surface area contributed by atoms with Crippen molar-refractivity contribution in [3.8, 4) is 0 Å². The number of aliphatic hydroxyl groups excluding tert-OH is 1. The zero-order chi connectivity index (χ0) is 7.84. The molecule has 58 valence electrons. The number of hydrogen-bond acceptors (Lipinski definition) is 1. The fourth-order valence-electron chi connectivity index (χ4n) is 1.59. The topological polar surface area (TPSA) is 20.2 Å². The van der Waals surface area contributed by atoms with E-state index in [-0.39, 0.29) is 6.10 Å². The van der Waals surface area contributed by atoms with Crippen LogP contribution in [0.2, 0.25) is 5.02 Å². The zero-order valence-corrected chi connectivity index (χ0v) is 6.80. The predicted molar refractivity (Wildman–Crippen MR) is 44.7 cm³/mol. The Morgan fingerprint density at radius 1 is 1.45 bits per heavy atom. The van der Waals surface area contributed by atoms with Gasteiger partial charge in [0.1, 0.15) is 0 Å². The fraction of sp³-hybridized carbons (Fsp3) is 0.333. The molecule has 2 rings (SSSR count). The van der Waals surface area contributed by atoms with Crippen molar-refractivity contribution < 1.29 is 5.11 Å². The average molecular weight is 169 g/mol. The minimum Gasteiger partial charge on any atom is -0.388 e. The van der Waals surface area contributed by atoms with Gasteiger partial charge in [-0.25, -0.2) is 0 Å². The Morgan fingerprint density at radius 3 is 3.00 bits per heavy atom. The monoisotopic (exact) mass is 168 g/mol. The number of rotatable bonds is 0. The second-order valence-corrected chi connectivity index (χ2v) is 3.27. The maximum Gasteiger partial charge on any atom is 0.0796 e. The summed E-state index contributed by atoms with van der Waals surface area (Å²) in [6.07, 6.45) is 1.44. The molecule has 0 saturated heterocycles. The van der Waals surface area contributed by atoms with Gasteiger partial charge in [0.15, 0.2) is 0 Å². The van der Waals surface area contributed by atoms with Crippen molar-refractivity contribution in [2.45, 2.75) is 18.9 Å². The number of aliphatic hydroxyl groups is 1. The Bertz CT molecular complexity index is 283. The summed E-state index contributed by atoms with van der Waals surface area (Å²) in [6, 6.07) is 5.70. The third kappa shape index (κ3) is 1.05. The molecule has 1 nitrogen and oxygen atoms in total. The molecule has 0 aromatic heterocycles. The van der Waals surface area contributed by atoms with Gasteiger partial charge < -0.3 is 5.11 Å². The summed E-state index contributed by atoms with van der Waals surface area (Å²) in [7, 11) is 0. The molecular formula is C9H9ClO. The Morgan fingerprint density at radius 2 is 2.27 bits per heavy atom. The summed E-state index contributed by atoms with van der Waals surface area (Å²) < 4.78 is 0. The van der Waals surface area contributed by atoms with Crippen molar-refractivity contribution in [3.05, 3.63) is 34.3 Å². The molecule has 1 aromatic rings. The average Bonchev–Trinajstić information content (AvgIpc) is 2.35. The van der Waals surface area contributed by atoms with Gasteiger partial charge in [-0.1, -0.05) is 23.7 Å². The van der Waals surface area contributed by atoms with Crippen LogP contribution >= 0.6 is 11.6 Å². The first-order chi connectivity index (χ1) is 5.29. The highest BCUT2D eigenvalue weighted by Gasteiger charge is 2.21. The lowest BCUT2D eigenvalue weighted by Crippen LogP contribution is -1.89. The standard InChI is InChI=1S/C9H9ClO/c10-8-3-1-2-7-6(8)4-5-9(7)11/h1-3,9,11H,4-5H2/t9-/m0/s1. The lowest BCUT2D eigenvalue weighted by Gasteiger charge is -2.03. The maximum absolute atomic E-state index is 9.45. The number of benzene rings is 1. The maximum atomic E-state index is 9.45. The number of hydrogen-bond donors (Lipinski definition) is 1. The van der Waals surface area contributed by atoms with Crippen molar-refractivity contribution in [1.29, 1.82) is 0 Å². The van der Waals surface area contributed by atoms with Crippen molar-refractivity contribution in [2.75, 3.05) is 0 Å². The molecule has 0 amide bonds. The van der Waals surface area contributed by atoms with E-state index in [1.807, 2.05) is 18.2 Å². The molecule has 11 heavy (non-hydrogen) atoms. The first-order valence-corrected chi connectivity index (χ1v) is 4.12. The Labute approximate surface area is 70.6 Å². The van der Waals surface area contributed by atoms with E-state index in [1.54, 1.807) is 0 Å². The van der Waals surface area contributed by atoms with E-state index in [4.69, 9.17) is 11.6 Å². The summed E-state index contributed by atoms with van der Waals surface area (Å²) in [5.74, 6) is 0. The molecule has 1 aliphatic rings. The Balaban J connectivity index is 2.57. The molecular weight excluding hydrogens is 160 g/mol. The molecule has 2 heteroatoms. The highest BCUT2D eigenvalue weighted by Crippen LogP contribution is 2.34. The van der Waals surface area contributed by atoms with Gasteiger partial charge in [-0.3, -0.25) is 0 Å². The van der Waals surface area contributed by atoms with E-state index in [0.29, 0.717) is 0 Å². The number of fused-ring (bicyclic) bond motifs is 1. The molecule has 0 unspecified atom stereocenters. The lowest BCUT2D eigenvalue weighted by atomic mass is 10.1. The molecule has 0 saturated carbocycles. The van der Waals surface area contributed by atoms with Crippen LogP contribution in [0.1, 0.15) is 23.7 Å². The summed E-state index contributed by atoms with van der Waals surface area (Å²) >= 11 is 5.92. The smallest absolute Gasteiger partial charge is 0.0796 e. The minimum atomic E-state index is -0.288. The van der Waals surface area contributed by atoms with E-state index in [0.717, 1.165) is 29.0 Å². The largest absolute Gasteiger partial charge is 0.388 e. The highest BCUT2D eigenvalue weighted by molar-refractivity contribution is 6.31. The lowest BCUT2D eigenvalue weighted by molar-refractivity contribution is 0.180. The van der Waals surface area contributed by atoms with Crippen molar-refractivity contribution >= 4 is 11.6 Å². The molecule has 0 fully saturated rings. The summed E-state index contributed by atoms with van der Waals surface area (Å²) in [5, 5.41) is 10.2. The van der Waals surface area contributed by atoms with E-state index in [2.05, 4.69) is 0 Å². The third-order valence-corrected chi connectivity index (χ3v) is 2.54. The van der Waals surface area contributed by atoms with Crippen LogP contribution in [0.4, 0.5) is 0 Å². The highest BCUT2D eigenvalue weighted by atomic mass is 35.5. The SMILES string of the molecule is O[C@H]1CCc2c(Cl)cccc21. The van der Waals surface area contributed by atoms with Crippen LogP contribution in [0, 0.1) is 0 Å². The zero-order valence-electron chi connectivity index (χ0n) is 6.05. The minimum absolute atomic E-state index is 0.288. The summed E-state index contributed by atoms with van der Waals surface area (Å²) in [5.41, 5.74) is 2.14. The van der Waals surface area contributed by atoms with Crippen LogP contribution in [0.25, 0.3) is 0 Å². The van der Waals surface area contributed by atoms with Gasteiger partial charge in [-0.05, 0) is 30.0 Å². The van der Waals surface area contributed by atoms with Crippen LogP contribution in [0.15, 0.2) is 18.2 Å². The van der Waals surface area contributed by atoms with Crippen LogP contribution in [-0.4, -0.2) is 5.11 Å². The second-order valence-electron chi connectivity index (χ2n) is 2.86. The molecule has 0 spiro atoms. The molecule has 1 N–H and O–H groups in total. The fourth-order valence-corrected chi connectivity index (χ4v) is 1.86. The molecule has 0 radical (unpaired) electrons. The van der Waals surface area contributed by atoms with Crippen LogP contribution in [-0.2, 0) is 6.42 Å². The van der Waals surface area contributed by atoms with Gasteiger partial charge >= 0.3 is 0 Å². The number of halogens is 1. The van der Waals surface area contributed by atoms with Crippen LogP contribution in [0.3, 0.4) is 0 Å². The predicted octanol–water partition coefficient (Wildman–Crippen LogP) is 2.32. The molecule has 1 aliphatic carbocycles. The molecule has 1 atom stereocenters. The van der Waals surface area contributed by atoms with E-state index < -0.39 is 0 Å². The van der Waals surface area contributed by atoms with Crippen molar-refractivity contribution in [2.24, 2.45) is 0 Å². The van der Waals surface area contributed by atoms with Crippen LogP contribution in [0.5, 0.6) is 0 Å². The van der Waals surface area contributed by atoms with Crippen molar-refractivity contribution in [1.82, 2.24) is 0 Å². The van der Waals surface area contributed by atoms with Gasteiger partial charge in [-0.2, -0.15) is 0 Å². The van der Waals surface area contributed by atoms with E-state index in [1.165, 1.54) is 0 Å².